The minimum Gasteiger partial charge on any atom is -0.356 e. The molecular formula is C28H27N7O. The highest BCUT2D eigenvalue weighted by Crippen LogP contribution is 2.40. The molecule has 5 heterocycles. The van der Waals surface area contributed by atoms with Gasteiger partial charge in [0.15, 0.2) is 5.65 Å². The van der Waals surface area contributed by atoms with Crippen molar-refractivity contribution in [3.05, 3.63) is 65.6 Å². The maximum atomic E-state index is 11.8. The van der Waals surface area contributed by atoms with E-state index in [2.05, 4.69) is 21.3 Å². The number of nitrogens with zero attached hydrogens (tertiary/aromatic N) is 6. The van der Waals surface area contributed by atoms with Crippen molar-refractivity contribution in [1.82, 2.24) is 24.9 Å². The van der Waals surface area contributed by atoms with Gasteiger partial charge in [0.2, 0.25) is 5.91 Å². The van der Waals surface area contributed by atoms with E-state index in [-0.39, 0.29) is 11.3 Å². The van der Waals surface area contributed by atoms with Crippen molar-refractivity contribution >= 4 is 17.4 Å². The summed E-state index contributed by atoms with van der Waals surface area (Å²) in [6.07, 6.45) is 4.51. The number of carbonyl (C=O) groups excluding carboxylic acids is 1. The zero-order valence-electron chi connectivity index (χ0n) is 20.5. The number of aromatic nitrogens is 4. The maximum Gasteiger partial charge on any atom is 0.220 e. The number of rotatable bonds is 3. The van der Waals surface area contributed by atoms with Crippen molar-refractivity contribution in [1.29, 1.82) is 5.26 Å². The van der Waals surface area contributed by atoms with Crippen molar-refractivity contribution in [2.75, 3.05) is 24.5 Å². The Balaban J connectivity index is 1.47. The van der Waals surface area contributed by atoms with E-state index in [1.54, 1.807) is 4.52 Å². The zero-order valence-corrected chi connectivity index (χ0v) is 20.5. The van der Waals surface area contributed by atoms with E-state index in [4.69, 9.17) is 10.1 Å². The van der Waals surface area contributed by atoms with Gasteiger partial charge in [0.05, 0.1) is 17.2 Å². The van der Waals surface area contributed by atoms with Crippen LogP contribution in [0.1, 0.15) is 36.2 Å². The van der Waals surface area contributed by atoms with Crippen LogP contribution in [-0.4, -0.2) is 45.1 Å². The molecular weight excluding hydrogens is 450 g/mol. The summed E-state index contributed by atoms with van der Waals surface area (Å²) in [5, 5.41) is 17.7. The molecule has 0 aliphatic carbocycles. The van der Waals surface area contributed by atoms with Gasteiger partial charge in [-0.1, -0.05) is 18.2 Å². The number of carbonyl (C=O) groups is 1. The van der Waals surface area contributed by atoms with E-state index < -0.39 is 0 Å². The summed E-state index contributed by atoms with van der Waals surface area (Å²) in [6.45, 7) is 6.46. The highest BCUT2D eigenvalue weighted by Gasteiger charge is 2.41. The fraction of sp³-hybridized carbons (Fsp3) is 0.321. The van der Waals surface area contributed by atoms with Gasteiger partial charge >= 0.3 is 0 Å². The highest BCUT2D eigenvalue weighted by molar-refractivity contribution is 5.92. The van der Waals surface area contributed by atoms with Crippen LogP contribution in [0.3, 0.4) is 0 Å². The number of benzene rings is 1. The first kappa shape index (κ1) is 22.2. The van der Waals surface area contributed by atoms with Gasteiger partial charge in [0.25, 0.3) is 0 Å². The van der Waals surface area contributed by atoms with Crippen LogP contribution in [0, 0.1) is 30.6 Å². The average molecular weight is 478 g/mol. The summed E-state index contributed by atoms with van der Waals surface area (Å²) in [7, 11) is 0. The standard InChI is InChI=1S/C28H27N7O/c1-18-13-21(14-19(2)31-18)25-26(22-6-4-3-5-20(22)16-29)33-35-10-7-23(32-27(25)35)34-11-8-28(9-12-34)15-24(36)30-17-28/h3-7,10,13-14H,8-9,11-12,15,17H2,1-2H3,(H,30,36). The van der Waals surface area contributed by atoms with Crippen molar-refractivity contribution in [2.45, 2.75) is 33.1 Å². The molecule has 2 fully saturated rings. The molecule has 0 atom stereocenters. The second kappa shape index (κ2) is 8.45. The smallest absolute Gasteiger partial charge is 0.220 e. The number of nitrogens with one attached hydrogen (secondary N) is 1. The predicted molar refractivity (Wildman–Crippen MR) is 137 cm³/mol. The third-order valence-corrected chi connectivity index (χ3v) is 7.49. The van der Waals surface area contributed by atoms with Crippen molar-refractivity contribution in [3.8, 4) is 28.5 Å². The molecule has 0 unspecified atom stereocenters. The van der Waals surface area contributed by atoms with Gasteiger partial charge < -0.3 is 10.2 Å². The summed E-state index contributed by atoms with van der Waals surface area (Å²) in [5.74, 6) is 1.07. The molecule has 180 valence electrons. The van der Waals surface area contributed by atoms with Crippen LogP contribution in [-0.2, 0) is 4.79 Å². The summed E-state index contributed by atoms with van der Waals surface area (Å²) in [4.78, 5) is 23.8. The highest BCUT2D eigenvalue weighted by atomic mass is 16.1. The van der Waals surface area contributed by atoms with Crippen LogP contribution in [0.25, 0.3) is 28.0 Å². The van der Waals surface area contributed by atoms with Gasteiger partial charge in [-0.25, -0.2) is 9.50 Å². The summed E-state index contributed by atoms with van der Waals surface area (Å²) in [5.41, 5.74) is 6.64. The molecule has 6 rings (SSSR count). The first-order chi connectivity index (χ1) is 17.4. The van der Waals surface area contributed by atoms with Crippen molar-refractivity contribution in [2.24, 2.45) is 5.41 Å². The monoisotopic (exact) mass is 477 g/mol. The van der Waals surface area contributed by atoms with Gasteiger partial charge in [-0.15, -0.1) is 0 Å². The minimum atomic E-state index is 0.0831. The number of nitriles is 1. The topological polar surface area (TPSA) is 99.2 Å². The molecule has 36 heavy (non-hydrogen) atoms. The fourth-order valence-electron chi connectivity index (χ4n) is 5.63. The third-order valence-electron chi connectivity index (χ3n) is 7.49. The quantitative estimate of drug-likeness (QED) is 0.478. The molecule has 2 aliphatic rings. The average Bonchev–Trinajstić information content (AvgIpc) is 3.43. The van der Waals surface area contributed by atoms with E-state index in [9.17, 15) is 10.1 Å². The molecule has 8 heteroatoms. The molecule has 1 N–H and O–H groups in total. The molecule has 0 bridgehead atoms. The lowest BCUT2D eigenvalue weighted by atomic mass is 9.78. The largest absolute Gasteiger partial charge is 0.356 e. The van der Waals surface area contributed by atoms with Gasteiger partial charge in [0.1, 0.15) is 11.5 Å². The molecule has 1 amide bonds. The molecule has 4 aromatic rings. The summed E-state index contributed by atoms with van der Waals surface area (Å²) in [6, 6.07) is 16.0. The van der Waals surface area contributed by atoms with Crippen LogP contribution in [0.2, 0.25) is 0 Å². The second-order valence-corrected chi connectivity index (χ2v) is 10.0. The Bertz CT molecular complexity index is 1520. The third kappa shape index (κ3) is 3.77. The fourth-order valence-corrected chi connectivity index (χ4v) is 5.63. The number of hydrogen-bond donors (Lipinski definition) is 1. The Labute approximate surface area is 209 Å². The second-order valence-electron chi connectivity index (χ2n) is 10.0. The van der Waals surface area contributed by atoms with Crippen molar-refractivity contribution in [3.63, 3.8) is 0 Å². The van der Waals surface area contributed by atoms with Crippen LogP contribution in [0.4, 0.5) is 5.82 Å². The lowest BCUT2D eigenvalue weighted by molar-refractivity contribution is -0.119. The molecule has 3 aromatic heterocycles. The first-order valence-electron chi connectivity index (χ1n) is 12.3. The van der Waals surface area contributed by atoms with E-state index >= 15 is 0 Å². The van der Waals surface area contributed by atoms with Gasteiger partial charge in [-0.3, -0.25) is 9.78 Å². The Morgan fingerprint density at radius 1 is 1.06 bits per heavy atom. The van der Waals surface area contributed by atoms with E-state index in [1.807, 2.05) is 62.5 Å². The Hall–Kier alpha value is -4.25. The van der Waals surface area contributed by atoms with Gasteiger partial charge in [0, 0.05) is 49.2 Å². The Morgan fingerprint density at radius 2 is 1.81 bits per heavy atom. The molecule has 1 spiro atoms. The molecule has 2 aliphatic heterocycles. The SMILES string of the molecule is Cc1cc(-c2c(-c3ccccc3C#N)nn3ccc(N4CCC5(CC4)CNC(=O)C5)nc23)cc(C)n1. The first-order valence-corrected chi connectivity index (χ1v) is 12.3. The Kier molecular flexibility index (Phi) is 5.22. The zero-order chi connectivity index (χ0) is 24.9. The molecule has 0 saturated carbocycles. The number of amides is 1. The number of pyridine rings is 1. The van der Waals surface area contributed by atoms with Crippen LogP contribution < -0.4 is 10.2 Å². The van der Waals surface area contributed by atoms with Gasteiger partial charge in [-0.05, 0) is 61.9 Å². The van der Waals surface area contributed by atoms with Crippen LogP contribution >= 0.6 is 0 Å². The molecule has 8 nitrogen and oxygen atoms in total. The van der Waals surface area contributed by atoms with Crippen LogP contribution in [0.15, 0.2) is 48.7 Å². The molecule has 2 saturated heterocycles. The lowest BCUT2D eigenvalue weighted by Gasteiger charge is -2.38. The van der Waals surface area contributed by atoms with Crippen LogP contribution in [0.5, 0.6) is 0 Å². The lowest BCUT2D eigenvalue weighted by Crippen LogP contribution is -2.41. The van der Waals surface area contributed by atoms with E-state index in [0.717, 1.165) is 77.7 Å². The number of anilines is 1. The number of hydrogen-bond acceptors (Lipinski definition) is 6. The number of piperidine rings is 1. The summed E-state index contributed by atoms with van der Waals surface area (Å²) >= 11 is 0. The number of aryl methyl sites for hydroxylation is 2. The predicted octanol–water partition coefficient (Wildman–Crippen LogP) is 4.05. The normalized spacial score (nSPS) is 16.9. The summed E-state index contributed by atoms with van der Waals surface area (Å²) < 4.78 is 1.80. The Morgan fingerprint density at radius 3 is 2.50 bits per heavy atom. The molecule has 1 aromatic carbocycles. The van der Waals surface area contributed by atoms with E-state index in [1.165, 1.54) is 0 Å². The number of fused-ring (bicyclic) bond motifs is 1. The maximum absolute atomic E-state index is 11.8. The molecule has 0 radical (unpaired) electrons. The van der Waals surface area contributed by atoms with Crippen molar-refractivity contribution < 1.29 is 4.79 Å². The van der Waals surface area contributed by atoms with Gasteiger partial charge in [-0.2, -0.15) is 10.4 Å². The minimum absolute atomic E-state index is 0.0831. The van der Waals surface area contributed by atoms with E-state index in [0.29, 0.717) is 12.0 Å².